The van der Waals surface area contributed by atoms with Crippen molar-refractivity contribution < 1.29 is 14.7 Å². The Morgan fingerprint density at radius 3 is 2.00 bits per heavy atom. The third-order valence-corrected chi connectivity index (χ3v) is 4.69. The fourth-order valence-corrected chi connectivity index (χ4v) is 2.93. The predicted molar refractivity (Wildman–Crippen MR) is 70.3 cm³/mol. The van der Waals surface area contributed by atoms with Crippen molar-refractivity contribution in [3.63, 3.8) is 0 Å². The molecule has 0 bridgehead atoms. The van der Waals surface area contributed by atoms with Crippen LogP contribution in [0, 0.1) is 5.41 Å². The molecule has 1 rings (SSSR count). The molecule has 0 aromatic heterocycles. The van der Waals surface area contributed by atoms with Gasteiger partial charge < -0.3 is 10.4 Å². The highest BCUT2D eigenvalue weighted by molar-refractivity contribution is 5.90. The summed E-state index contributed by atoms with van der Waals surface area (Å²) in [5.41, 5.74) is -1.42. The van der Waals surface area contributed by atoms with Crippen LogP contribution in [0.5, 0.6) is 0 Å². The van der Waals surface area contributed by atoms with E-state index in [2.05, 4.69) is 5.32 Å². The highest BCUT2D eigenvalue weighted by Crippen LogP contribution is 2.41. The minimum absolute atomic E-state index is 0.0615. The maximum Gasteiger partial charge on any atom is 0.329 e. The van der Waals surface area contributed by atoms with E-state index in [0.717, 1.165) is 32.1 Å². The molecule has 104 valence electrons. The molecule has 0 aliphatic heterocycles. The molecule has 1 saturated carbocycles. The summed E-state index contributed by atoms with van der Waals surface area (Å²) in [6.45, 7) is 5.64. The number of nitrogens with one attached hydrogen (secondary N) is 1. The summed E-state index contributed by atoms with van der Waals surface area (Å²) in [7, 11) is 0. The van der Waals surface area contributed by atoms with Crippen LogP contribution in [0.2, 0.25) is 0 Å². The van der Waals surface area contributed by atoms with Gasteiger partial charge in [0, 0.05) is 5.41 Å². The monoisotopic (exact) mass is 255 g/mol. The van der Waals surface area contributed by atoms with Crippen molar-refractivity contribution in [3.05, 3.63) is 0 Å². The number of amides is 1. The molecule has 0 saturated heterocycles. The van der Waals surface area contributed by atoms with Crippen molar-refractivity contribution in [2.24, 2.45) is 5.41 Å². The summed E-state index contributed by atoms with van der Waals surface area (Å²) in [5, 5.41) is 12.2. The summed E-state index contributed by atoms with van der Waals surface area (Å²) in [6.07, 6.45) is 5.55. The van der Waals surface area contributed by atoms with E-state index in [4.69, 9.17) is 0 Å². The van der Waals surface area contributed by atoms with E-state index in [1.165, 1.54) is 0 Å². The molecule has 1 amide bonds. The molecule has 0 radical (unpaired) electrons. The Labute approximate surface area is 109 Å². The molecule has 18 heavy (non-hydrogen) atoms. The Bertz CT molecular complexity index is 315. The quantitative estimate of drug-likeness (QED) is 0.767. The average Bonchev–Trinajstić information content (AvgIpc) is 2.85. The molecule has 1 aliphatic carbocycles. The van der Waals surface area contributed by atoms with E-state index in [-0.39, 0.29) is 11.3 Å². The molecular formula is C14H25NO3. The number of carboxylic acid groups (broad SMARTS) is 1. The number of aliphatic carboxylic acids is 1. The normalized spacial score (nSPS) is 18.6. The number of rotatable bonds is 6. The topological polar surface area (TPSA) is 66.4 Å². The van der Waals surface area contributed by atoms with Crippen LogP contribution in [0.1, 0.15) is 65.7 Å². The van der Waals surface area contributed by atoms with Crippen LogP contribution >= 0.6 is 0 Å². The van der Waals surface area contributed by atoms with Gasteiger partial charge in [0.1, 0.15) is 5.54 Å². The van der Waals surface area contributed by atoms with Gasteiger partial charge in [0.25, 0.3) is 0 Å². The van der Waals surface area contributed by atoms with Crippen molar-refractivity contribution in [1.29, 1.82) is 0 Å². The van der Waals surface area contributed by atoms with Gasteiger partial charge in [-0.15, -0.1) is 0 Å². The first-order chi connectivity index (χ1) is 8.46. The maximum atomic E-state index is 12.5. The van der Waals surface area contributed by atoms with Crippen molar-refractivity contribution in [3.8, 4) is 0 Å². The van der Waals surface area contributed by atoms with Gasteiger partial charge in [-0.1, -0.05) is 33.6 Å². The molecule has 0 aromatic carbocycles. The molecule has 2 N–H and O–H groups in total. The molecule has 1 aliphatic rings. The molecule has 0 spiro atoms. The van der Waals surface area contributed by atoms with Crippen molar-refractivity contribution in [2.75, 3.05) is 0 Å². The summed E-state index contributed by atoms with van der Waals surface area (Å²) in [6, 6.07) is 0. The molecule has 0 atom stereocenters. The number of carbonyl (C=O) groups is 2. The van der Waals surface area contributed by atoms with Gasteiger partial charge in [-0.05, 0) is 32.1 Å². The smallest absolute Gasteiger partial charge is 0.329 e. The van der Waals surface area contributed by atoms with Crippen LogP contribution in [-0.4, -0.2) is 22.5 Å². The fraction of sp³-hybridized carbons (Fsp3) is 0.857. The highest BCUT2D eigenvalue weighted by atomic mass is 16.4. The molecule has 0 unspecified atom stereocenters. The van der Waals surface area contributed by atoms with Crippen molar-refractivity contribution in [1.82, 2.24) is 5.32 Å². The van der Waals surface area contributed by atoms with Crippen LogP contribution in [0.15, 0.2) is 0 Å². The molecular weight excluding hydrogens is 230 g/mol. The van der Waals surface area contributed by atoms with Gasteiger partial charge >= 0.3 is 5.97 Å². The average molecular weight is 255 g/mol. The first kappa shape index (κ1) is 15.0. The summed E-state index contributed by atoms with van der Waals surface area (Å²) in [5.74, 6) is -0.987. The number of carbonyl (C=O) groups excluding carboxylic acids is 1. The molecule has 0 heterocycles. The number of hydrogen-bond donors (Lipinski definition) is 2. The zero-order chi connectivity index (χ0) is 13.8. The van der Waals surface area contributed by atoms with Gasteiger partial charge in [0.2, 0.25) is 5.91 Å². The fourth-order valence-electron chi connectivity index (χ4n) is 2.93. The summed E-state index contributed by atoms with van der Waals surface area (Å²) in [4.78, 5) is 23.9. The Morgan fingerprint density at radius 2 is 1.67 bits per heavy atom. The van der Waals surface area contributed by atoms with Crippen LogP contribution in [-0.2, 0) is 9.59 Å². The Kier molecular flexibility index (Phi) is 4.77. The zero-order valence-electron chi connectivity index (χ0n) is 11.7. The highest BCUT2D eigenvalue weighted by Gasteiger charge is 2.44. The second-order valence-electron chi connectivity index (χ2n) is 5.39. The van der Waals surface area contributed by atoms with Crippen LogP contribution < -0.4 is 5.32 Å². The Balaban J connectivity index is 2.87. The van der Waals surface area contributed by atoms with Crippen LogP contribution in [0.3, 0.4) is 0 Å². The first-order valence-corrected chi connectivity index (χ1v) is 7.02. The second-order valence-corrected chi connectivity index (χ2v) is 5.39. The lowest BCUT2D eigenvalue weighted by Crippen LogP contribution is -2.57. The van der Waals surface area contributed by atoms with E-state index < -0.39 is 11.5 Å². The van der Waals surface area contributed by atoms with Gasteiger partial charge in [-0.3, -0.25) is 4.79 Å². The molecule has 4 heteroatoms. The lowest BCUT2D eigenvalue weighted by molar-refractivity contribution is -0.150. The largest absolute Gasteiger partial charge is 0.480 e. The van der Waals surface area contributed by atoms with Crippen molar-refractivity contribution in [2.45, 2.75) is 71.3 Å². The van der Waals surface area contributed by atoms with Gasteiger partial charge in [-0.25, -0.2) is 4.79 Å². The molecule has 4 nitrogen and oxygen atoms in total. The third-order valence-electron chi connectivity index (χ3n) is 4.69. The maximum absolute atomic E-state index is 12.5. The molecule has 0 aromatic rings. The van der Waals surface area contributed by atoms with Gasteiger partial charge in [-0.2, -0.15) is 0 Å². The van der Waals surface area contributed by atoms with E-state index in [1.807, 2.05) is 20.8 Å². The van der Waals surface area contributed by atoms with E-state index >= 15 is 0 Å². The molecule has 1 fully saturated rings. The lowest BCUT2D eigenvalue weighted by Gasteiger charge is -2.34. The lowest BCUT2D eigenvalue weighted by atomic mass is 9.80. The van der Waals surface area contributed by atoms with E-state index in [0.29, 0.717) is 12.8 Å². The Morgan fingerprint density at radius 1 is 1.17 bits per heavy atom. The van der Waals surface area contributed by atoms with E-state index in [9.17, 15) is 14.7 Å². The SMILES string of the molecule is CCC1(C(=O)NC(CC)(CC)C(=O)O)CCCC1. The van der Waals surface area contributed by atoms with Gasteiger partial charge in [0.05, 0.1) is 0 Å². The zero-order valence-corrected chi connectivity index (χ0v) is 11.7. The number of hydrogen-bond acceptors (Lipinski definition) is 2. The van der Waals surface area contributed by atoms with Gasteiger partial charge in [0.15, 0.2) is 0 Å². The predicted octanol–water partition coefficient (Wildman–Crippen LogP) is 2.72. The second kappa shape index (κ2) is 5.72. The van der Waals surface area contributed by atoms with Crippen LogP contribution in [0.4, 0.5) is 0 Å². The standard InChI is InChI=1S/C14H25NO3/c1-4-13(9-7-8-10-13)11(16)15-14(5-2,6-3)12(17)18/h4-10H2,1-3H3,(H,15,16)(H,17,18). The Hall–Kier alpha value is -1.06. The minimum Gasteiger partial charge on any atom is -0.480 e. The third kappa shape index (κ3) is 2.52. The number of carboxylic acids is 1. The van der Waals surface area contributed by atoms with Crippen LogP contribution in [0.25, 0.3) is 0 Å². The van der Waals surface area contributed by atoms with Crippen molar-refractivity contribution >= 4 is 11.9 Å². The van der Waals surface area contributed by atoms with E-state index in [1.54, 1.807) is 0 Å². The first-order valence-electron chi connectivity index (χ1n) is 7.02. The minimum atomic E-state index is -1.10. The summed E-state index contributed by atoms with van der Waals surface area (Å²) < 4.78 is 0. The summed E-state index contributed by atoms with van der Waals surface area (Å²) >= 11 is 0.